The van der Waals surface area contributed by atoms with Gasteiger partial charge in [-0.2, -0.15) is 0 Å². The minimum Gasteiger partial charge on any atom is -0.292 e. The van der Waals surface area contributed by atoms with Crippen molar-refractivity contribution in [2.75, 3.05) is 10.1 Å². The lowest BCUT2D eigenvalue weighted by Crippen LogP contribution is -2.00. The van der Waals surface area contributed by atoms with Gasteiger partial charge in [0.05, 0.1) is 5.69 Å². The van der Waals surface area contributed by atoms with Gasteiger partial charge in [0.15, 0.2) is 0 Å². The van der Waals surface area contributed by atoms with Crippen LogP contribution in [0.5, 0.6) is 0 Å². The van der Waals surface area contributed by atoms with Gasteiger partial charge in [0.25, 0.3) is 0 Å². The molecule has 0 radical (unpaired) electrons. The maximum atomic E-state index is 12.5. The largest absolute Gasteiger partial charge is 0.292 e. The first-order chi connectivity index (χ1) is 5.86. The van der Waals surface area contributed by atoms with Gasteiger partial charge in [0.1, 0.15) is 5.82 Å². The fourth-order valence-electron chi connectivity index (χ4n) is 1.05. The van der Waals surface area contributed by atoms with E-state index in [2.05, 4.69) is 6.08 Å². The van der Waals surface area contributed by atoms with E-state index in [1.165, 1.54) is 12.1 Å². The lowest BCUT2D eigenvalue weighted by atomic mass is 10.3. The van der Waals surface area contributed by atoms with Crippen LogP contribution in [0.1, 0.15) is 0 Å². The highest BCUT2D eigenvalue weighted by Gasteiger charge is 2.06. The molecule has 0 unspecified atom stereocenters. The Labute approximate surface area is 75.0 Å². The molecule has 3 heteroatoms. The highest BCUT2D eigenvalue weighted by atomic mass is 32.2. The van der Waals surface area contributed by atoms with Gasteiger partial charge in [-0.25, -0.2) is 4.39 Å². The van der Waals surface area contributed by atoms with Crippen LogP contribution in [0, 0.1) is 5.82 Å². The topological polar surface area (TPSA) is 3.24 Å². The van der Waals surface area contributed by atoms with Crippen molar-refractivity contribution >= 4 is 17.6 Å². The fraction of sp³-hybridized carbons (Fsp3) is 0.111. The molecule has 1 aromatic carbocycles. The molecular weight excluding hydrogens is 173 g/mol. The van der Waals surface area contributed by atoms with Gasteiger partial charge in [-0.1, -0.05) is 6.08 Å². The second-order valence-corrected chi connectivity index (χ2v) is 3.47. The van der Waals surface area contributed by atoms with Crippen molar-refractivity contribution < 1.29 is 4.39 Å². The molecule has 1 aromatic rings. The Hall–Kier alpha value is -0.960. The number of benzene rings is 1. The van der Waals surface area contributed by atoms with Crippen molar-refractivity contribution in [3.63, 3.8) is 0 Å². The lowest BCUT2D eigenvalue weighted by molar-refractivity contribution is 0.628. The first-order valence-corrected chi connectivity index (χ1v) is 4.65. The molecule has 0 saturated carbocycles. The van der Waals surface area contributed by atoms with E-state index in [0.717, 1.165) is 11.4 Å². The zero-order chi connectivity index (χ0) is 8.39. The van der Waals surface area contributed by atoms with Crippen LogP contribution in [-0.4, -0.2) is 5.75 Å². The van der Waals surface area contributed by atoms with Crippen molar-refractivity contribution in [1.82, 2.24) is 0 Å². The molecule has 0 bridgehead atoms. The van der Waals surface area contributed by atoms with Gasteiger partial charge in [-0.15, -0.1) is 0 Å². The molecule has 1 nitrogen and oxygen atoms in total. The summed E-state index contributed by atoms with van der Waals surface area (Å²) < 4.78 is 14.6. The summed E-state index contributed by atoms with van der Waals surface area (Å²) in [5, 5.41) is 0. The predicted octanol–water partition coefficient (Wildman–Crippen LogP) is 2.81. The number of halogens is 1. The quantitative estimate of drug-likeness (QED) is 0.613. The van der Waals surface area contributed by atoms with Crippen LogP contribution in [0.3, 0.4) is 0 Å². The number of anilines is 1. The Bertz CT molecular complexity index is 294. The van der Waals surface area contributed by atoms with Gasteiger partial charge < -0.3 is 0 Å². The van der Waals surface area contributed by atoms with Crippen LogP contribution in [0.4, 0.5) is 10.1 Å². The monoisotopic (exact) mass is 181 g/mol. The smallest absolute Gasteiger partial charge is 0.123 e. The second kappa shape index (κ2) is 3.19. The Morgan fingerprint density at radius 3 is 2.58 bits per heavy atom. The van der Waals surface area contributed by atoms with Gasteiger partial charge in [-0.3, -0.25) is 4.31 Å². The van der Waals surface area contributed by atoms with Crippen molar-refractivity contribution in [2.45, 2.75) is 0 Å². The minimum absolute atomic E-state index is 0.188. The third-order valence-electron chi connectivity index (χ3n) is 1.63. The maximum Gasteiger partial charge on any atom is 0.123 e. The zero-order valence-corrected chi connectivity index (χ0v) is 7.22. The van der Waals surface area contributed by atoms with E-state index in [9.17, 15) is 4.39 Å². The summed E-state index contributed by atoms with van der Waals surface area (Å²) in [5.74, 6) is 0.809. The van der Waals surface area contributed by atoms with E-state index >= 15 is 0 Å². The standard InChI is InChI=1S/C9H8FNS/c10-8-2-4-9(5-3-8)11-6-1-7-12-11/h1-6H,7H2. The number of hydrogen-bond acceptors (Lipinski definition) is 2. The van der Waals surface area contributed by atoms with Crippen molar-refractivity contribution in [3.8, 4) is 0 Å². The van der Waals surface area contributed by atoms with E-state index in [1.807, 2.05) is 10.5 Å². The second-order valence-electron chi connectivity index (χ2n) is 2.48. The van der Waals surface area contributed by atoms with Crippen LogP contribution in [0.15, 0.2) is 36.5 Å². The summed E-state index contributed by atoms with van der Waals surface area (Å²) >= 11 is 1.70. The molecule has 0 amide bonds. The summed E-state index contributed by atoms with van der Waals surface area (Å²) in [6.45, 7) is 0. The zero-order valence-electron chi connectivity index (χ0n) is 6.40. The van der Waals surface area contributed by atoms with Crippen molar-refractivity contribution in [1.29, 1.82) is 0 Å². The van der Waals surface area contributed by atoms with E-state index in [4.69, 9.17) is 0 Å². The molecule has 0 fully saturated rings. The molecule has 0 N–H and O–H groups in total. The van der Waals surface area contributed by atoms with Crippen molar-refractivity contribution in [2.24, 2.45) is 0 Å². The van der Waals surface area contributed by atoms with Crippen LogP contribution in [0.2, 0.25) is 0 Å². The highest BCUT2D eigenvalue weighted by Crippen LogP contribution is 2.26. The van der Waals surface area contributed by atoms with Crippen LogP contribution >= 0.6 is 11.9 Å². The Kier molecular flexibility index (Phi) is 2.04. The summed E-state index contributed by atoms with van der Waals surface area (Å²) in [6, 6.07) is 6.50. The van der Waals surface area contributed by atoms with Crippen molar-refractivity contribution in [3.05, 3.63) is 42.4 Å². The Morgan fingerprint density at radius 2 is 2.00 bits per heavy atom. The number of rotatable bonds is 1. The molecule has 62 valence electrons. The lowest BCUT2D eigenvalue weighted by Gasteiger charge is -2.12. The number of nitrogens with zero attached hydrogens (tertiary/aromatic N) is 1. The molecule has 1 aliphatic heterocycles. The first-order valence-electron chi connectivity index (χ1n) is 3.70. The third-order valence-corrected chi connectivity index (χ3v) is 2.58. The Morgan fingerprint density at radius 1 is 1.25 bits per heavy atom. The maximum absolute atomic E-state index is 12.5. The van der Waals surface area contributed by atoms with Crippen LogP contribution in [-0.2, 0) is 0 Å². The molecule has 0 aliphatic carbocycles. The first kappa shape index (κ1) is 7.68. The molecule has 2 rings (SSSR count). The molecule has 0 atom stereocenters. The van der Waals surface area contributed by atoms with E-state index in [0.29, 0.717) is 0 Å². The Balaban J connectivity index is 2.23. The van der Waals surface area contributed by atoms with Crippen LogP contribution in [0.25, 0.3) is 0 Å². The molecule has 0 spiro atoms. The summed E-state index contributed by atoms with van der Waals surface area (Å²) in [5.41, 5.74) is 1.02. The van der Waals surface area contributed by atoms with E-state index in [-0.39, 0.29) is 5.82 Å². The van der Waals surface area contributed by atoms with Gasteiger partial charge in [-0.05, 0) is 36.2 Å². The van der Waals surface area contributed by atoms with Gasteiger partial charge in [0.2, 0.25) is 0 Å². The summed E-state index contributed by atoms with van der Waals surface area (Å²) in [6.07, 6.45) is 4.08. The minimum atomic E-state index is -0.188. The highest BCUT2D eigenvalue weighted by molar-refractivity contribution is 8.01. The predicted molar refractivity (Wildman–Crippen MR) is 50.5 cm³/mol. The molecule has 0 aromatic heterocycles. The third kappa shape index (κ3) is 1.46. The van der Waals surface area contributed by atoms with Gasteiger partial charge in [0, 0.05) is 12.0 Å². The summed E-state index contributed by atoms with van der Waals surface area (Å²) in [4.78, 5) is 0. The average Bonchev–Trinajstić information content (AvgIpc) is 2.58. The number of hydrogen-bond donors (Lipinski definition) is 0. The summed E-state index contributed by atoms with van der Waals surface area (Å²) in [7, 11) is 0. The SMILES string of the molecule is Fc1ccc(N2C=CCS2)cc1. The molecular formula is C9H8FNS. The van der Waals surface area contributed by atoms with E-state index < -0.39 is 0 Å². The normalized spacial score (nSPS) is 15.6. The molecule has 1 heterocycles. The molecule has 12 heavy (non-hydrogen) atoms. The van der Waals surface area contributed by atoms with E-state index in [1.54, 1.807) is 24.1 Å². The van der Waals surface area contributed by atoms with Gasteiger partial charge >= 0.3 is 0 Å². The molecule has 1 aliphatic rings. The average molecular weight is 181 g/mol. The van der Waals surface area contributed by atoms with Crippen LogP contribution < -0.4 is 4.31 Å². The fourth-order valence-corrected chi connectivity index (χ4v) is 1.83. The molecule has 0 saturated heterocycles.